The van der Waals surface area contributed by atoms with Gasteiger partial charge >= 0.3 is 0 Å². The summed E-state index contributed by atoms with van der Waals surface area (Å²) in [5, 5.41) is 3.47. The highest BCUT2D eigenvalue weighted by Gasteiger charge is 2.27. The number of nitrogens with one attached hydrogen (secondary N) is 1. The smallest absolute Gasteiger partial charge is 0.242 e. The second kappa shape index (κ2) is 13.5. The number of nitrogens with zero attached hydrogens (tertiary/aromatic N) is 2. The van der Waals surface area contributed by atoms with E-state index in [9.17, 15) is 18.0 Å². The Hall–Kier alpha value is -2.78. The van der Waals surface area contributed by atoms with Gasteiger partial charge in [0.1, 0.15) is 11.8 Å². The van der Waals surface area contributed by atoms with Crippen molar-refractivity contribution in [3.05, 3.63) is 59.1 Å². The van der Waals surface area contributed by atoms with E-state index in [0.29, 0.717) is 16.5 Å². The van der Waals surface area contributed by atoms with Gasteiger partial charge in [0.15, 0.2) is 0 Å². The molecular formula is C26H36ClN3O5S. The maximum Gasteiger partial charge on any atom is 0.242 e. The topological polar surface area (TPSA) is 96.0 Å². The molecule has 8 nitrogen and oxygen atoms in total. The molecule has 1 N–H and O–H groups in total. The summed E-state index contributed by atoms with van der Waals surface area (Å²) < 4.78 is 31.3. The maximum atomic E-state index is 13.3. The van der Waals surface area contributed by atoms with E-state index in [4.69, 9.17) is 16.3 Å². The highest BCUT2D eigenvalue weighted by Crippen LogP contribution is 2.22. The molecule has 36 heavy (non-hydrogen) atoms. The number of methoxy groups -OCH3 is 1. The van der Waals surface area contributed by atoms with Crippen LogP contribution in [0.5, 0.6) is 5.75 Å². The van der Waals surface area contributed by atoms with Crippen LogP contribution in [0.1, 0.15) is 45.6 Å². The van der Waals surface area contributed by atoms with Crippen LogP contribution >= 0.6 is 11.6 Å². The van der Waals surface area contributed by atoms with Gasteiger partial charge in [-0.05, 0) is 68.7 Å². The van der Waals surface area contributed by atoms with Crippen molar-refractivity contribution in [2.45, 2.75) is 58.7 Å². The molecule has 2 aromatic carbocycles. The minimum Gasteiger partial charge on any atom is -0.497 e. The largest absolute Gasteiger partial charge is 0.497 e. The number of carbonyl (C=O) groups excluding carboxylic acids is 2. The molecule has 2 aromatic rings. The van der Waals surface area contributed by atoms with Crippen molar-refractivity contribution >= 4 is 39.1 Å². The van der Waals surface area contributed by atoms with E-state index < -0.39 is 16.1 Å². The molecule has 10 heteroatoms. The maximum absolute atomic E-state index is 13.3. The Balaban J connectivity index is 2.17. The van der Waals surface area contributed by atoms with Crippen LogP contribution in [0.15, 0.2) is 48.5 Å². The van der Waals surface area contributed by atoms with Crippen molar-refractivity contribution in [2.24, 2.45) is 0 Å². The van der Waals surface area contributed by atoms with E-state index in [0.717, 1.165) is 18.2 Å². The summed E-state index contributed by atoms with van der Waals surface area (Å²) in [6, 6.07) is 13.1. The van der Waals surface area contributed by atoms with Crippen molar-refractivity contribution in [1.29, 1.82) is 0 Å². The molecule has 0 aliphatic rings. The summed E-state index contributed by atoms with van der Waals surface area (Å²) in [5.41, 5.74) is 1.29. The molecule has 0 fully saturated rings. The molecule has 0 unspecified atom stereocenters. The first-order valence-corrected chi connectivity index (χ1v) is 14.1. The second-order valence-corrected chi connectivity index (χ2v) is 11.1. The van der Waals surface area contributed by atoms with Gasteiger partial charge in [-0.1, -0.05) is 30.7 Å². The third-order valence-electron chi connectivity index (χ3n) is 5.92. The Bertz CT molecular complexity index is 1120. The van der Waals surface area contributed by atoms with E-state index in [1.54, 1.807) is 49.4 Å². The predicted octanol–water partition coefficient (Wildman–Crippen LogP) is 4.23. The number of benzene rings is 2. The highest BCUT2D eigenvalue weighted by atomic mass is 35.5. The first-order chi connectivity index (χ1) is 17.0. The van der Waals surface area contributed by atoms with Crippen LogP contribution in [-0.2, 0) is 26.2 Å². The van der Waals surface area contributed by atoms with Crippen molar-refractivity contribution in [2.75, 3.05) is 24.2 Å². The quantitative estimate of drug-likeness (QED) is 0.412. The van der Waals surface area contributed by atoms with Gasteiger partial charge in [-0.15, -0.1) is 0 Å². The SMILES string of the molecule is CC[C@H](C)NC(=O)[C@H](C)N(Cc1cccc(Cl)c1)C(=O)CCCN(c1ccc(OC)cc1)S(C)(=O)=O. The lowest BCUT2D eigenvalue weighted by molar-refractivity contribution is -0.140. The molecule has 198 valence electrons. The third kappa shape index (κ3) is 8.71. The lowest BCUT2D eigenvalue weighted by Crippen LogP contribution is -2.49. The molecule has 0 bridgehead atoms. The van der Waals surface area contributed by atoms with E-state index in [1.165, 1.54) is 16.3 Å². The molecule has 2 atom stereocenters. The van der Waals surface area contributed by atoms with Crippen LogP contribution in [0, 0.1) is 0 Å². The molecule has 2 amide bonds. The van der Waals surface area contributed by atoms with E-state index >= 15 is 0 Å². The number of sulfonamides is 1. The summed E-state index contributed by atoms with van der Waals surface area (Å²) in [5.74, 6) is 0.129. The second-order valence-electron chi connectivity index (χ2n) is 8.78. The van der Waals surface area contributed by atoms with Crippen LogP contribution in [-0.4, -0.2) is 57.1 Å². The third-order valence-corrected chi connectivity index (χ3v) is 7.35. The minimum atomic E-state index is -3.57. The Morgan fingerprint density at radius 2 is 1.78 bits per heavy atom. The molecule has 0 spiro atoms. The normalized spacial score (nSPS) is 12.9. The van der Waals surface area contributed by atoms with Crippen molar-refractivity contribution in [3.8, 4) is 5.75 Å². The van der Waals surface area contributed by atoms with Crippen LogP contribution in [0.3, 0.4) is 0 Å². The number of anilines is 1. The lowest BCUT2D eigenvalue weighted by Gasteiger charge is -2.30. The molecule has 0 saturated carbocycles. The van der Waals surface area contributed by atoms with E-state index in [-0.39, 0.29) is 43.8 Å². The first kappa shape index (κ1) is 29.5. The Labute approximate surface area is 219 Å². The van der Waals surface area contributed by atoms with Crippen LogP contribution in [0.25, 0.3) is 0 Å². The Morgan fingerprint density at radius 1 is 1.11 bits per heavy atom. The fourth-order valence-electron chi connectivity index (χ4n) is 3.63. The zero-order chi connectivity index (χ0) is 26.9. The number of ether oxygens (including phenoxy) is 1. The first-order valence-electron chi connectivity index (χ1n) is 11.9. The molecule has 0 radical (unpaired) electrons. The van der Waals surface area contributed by atoms with Gasteiger partial charge in [0.25, 0.3) is 0 Å². The van der Waals surface area contributed by atoms with Gasteiger partial charge in [0.2, 0.25) is 21.8 Å². The van der Waals surface area contributed by atoms with E-state index in [1.807, 2.05) is 19.9 Å². The molecular weight excluding hydrogens is 502 g/mol. The van der Waals surface area contributed by atoms with Crippen molar-refractivity contribution in [1.82, 2.24) is 10.2 Å². The summed E-state index contributed by atoms with van der Waals surface area (Å²) in [6.45, 7) is 5.91. The number of carbonyl (C=O) groups is 2. The minimum absolute atomic E-state index is 0.0177. The average molecular weight is 538 g/mol. The predicted molar refractivity (Wildman–Crippen MR) is 144 cm³/mol. The molecule has 2 rings (SSSR count). The van der Waals surface area contributed by atoms with Gasteiger partial charge in [-0.2, -0.15) is 0 Å². The molecule has 0 saturated heterocycles. The number of amides is 2. The summed E-state index contributed by atoms with van der Waals surface area (Å²) in [7, 11) is -2.03. The van der Waals surface area contributed by atoms with Crippen LogP contribution in [0.2, 0.25) is 5.02 Å². The van der Waals surface area contributed by atoms with Crippen molar-refractivity contribution < 1.29 is 22.7 Å². The number of rotatable bonds is 13. The summed E-state index contributed by atoms with van der Waals surface area (Å²) >= 11 is 6.12. The highest BCUT2D eigenvalue weighted by molar-refractivity contribution is 7.92. The van der Waals surface area contributed by atoms with Gasteiger partial charge in [-0.25, -0.2) is 8.42 Å². The molecule has 0 heterocycles. The monoisotopic (exact) mass is 537 g/mol. The molecule has 0 aliphatic carbocycles. The van der Waals surface area contributed by atoms with Gasteiger partial charge in [-0.3, -0.25) is 13.9 Å². The van der Waals surface area contributed by atoms with Crippen LogP contribution < -0.4 is 14.4 Å². The average Bonchev–Trinajstić information content (AvgIpc) is 2.83. The standard InChI is InChI=1S/C26H36ClN3O5S/c1-6-19(2)28-26(32)20(3)29(18-21-9-7-10-22(27)17-21)25(31)11-8-16-30(36(5,33)34)23-12-14-24(35-4)15-13-23/h7,9-10,12-15,17,19-20H,6,8,11,16,18H2,1-5H3,(H,28,32)/t19-,20-/m0/s1. The van der Waals surface area contributed by atoms with E-state index in [2.05, 4.69) is 5.32 Å². The van der Waals surface area contributed by atoms with Gasteiger partial charge in [0, 0.05) is 30.6 Å². The Morgan fingerprint density at radius 3 is 2.33 bits per heavy atom. The van der Waals surface area contributed by atoms with Crippen molar-refractivity contribution in [3.63, 3.8) is 0 Å². The zero-order valence-electron chi connectivity index (χ0n) is 21.5. The van der Waals surface area contributed by atoms with Gasteiger partial charge in [0.05, 0.1) is 19.1 Å². The zero-order valence-corrected chi connectivity index (χ0v) is 23.1. The van der Waals surface area contributed by atoms with Crippen LogP contribution in [0.4, 0.5) is 5.69 Å². The lowest BCUT2D eigenvalue weighted by atomic mass is 10.1. The molecule has 0 aliphatic heterocycles. The van der Waals surface area contributed by atoms with Gasteiger partial charge < -0.3 is 15.0 Å². The fraction of sp³-hybridized carbons (Fsp3) is 0.462. The number of hydrogen-bond acceptors (Lipinski definition) is 5. The number of halogens is 1. The Kier molecular flexibility index (Phi) is 11.0. The number of hydrogen-bond donors (Lipinski definition) is 1. The fourth-order valence-corrected chi connectivity index (χ4v) is 4.81. The summed E-state index contributed by atoms with van der Waals surface area (Å²) in [6.07, 6.45) is 2.26. The molecule has 0 aromatic heterocycles. The summed E-state index contributed by atoms with van der Waals surface area (Å²) in [4.78, 5) is 27.7.